The molecule has 0 aromatic heterocycles. The molecule has 0 spiro atoms. The molecule has 0 saturated heterocycles. The summed E-state index contributed by atoms with van der Waals surface area (Å²) in [4.78, 5) is 13.0. The number of carbonyl (C=O) groups is 1. The van der Waals surface area contributed by atoms with Crippen LogP contribution >= 0.6 is 11.6 Å². The number of rotatable bonds is 10. The number of halogens is 1. The van der Waals surface area contributed by atoms with Gasteiger partial charge in [0.05, 0.1) is 0 Å². The van der Waals surface area contributed by atoms with Crippen LogP contribution in [0.15, 0.2) is 12.7 Å². The molecule has 0 aliphatic carbocycles. The molecule has 0 heterocycles. The number of alkyl halides is 1. The van der Waals surface area contributed by atoms with Crippen LogP contribution in [0.2, 0.25) is 0 Å². The highest BCUT2D eigenvalue weighted by molar-refractivity contribution is 6.17. The van der Waals surface area contributed by atoms with Gasteiger partial charge < -0.3 is 0 Å². The summed E-state index contributed by atoms with van der Waals surface area (Å²) >= 11 is 5.77. The van der Waals surface area contributed by atoms with E-state index in [0.717, 1.165) is 19.3 Å². The van der Waals surface area contributed by atoms with E-state index in [-0.39, 0.29) is 11.3 Å². The molecule has 0 aromatic carbocycles. The van der Waals surface area contributed by atoms with Crippen molar-refractivity contribution < 1.29 is 4.79 Å². The number of carbonyl (C=O) groups excluding carboxylic acids is 1. The Hall–Kier alpha value is -0.300. The Labute approximate surface area is 131 Å². The molecule has 3 atom stereocenters. The van der Waals surface area contributed by atoms with E-state index in [1.54, 1.807) is 0 Å². The molecule has 0 radical (unpaired) electrons. The molecule has 2 heteroatoms. The zero-order chi connectivity index (χ0) is 15.9. The van der Waals surface area contributed by atoms with E-state index in [2.05, 4.69) is 48.1 Å². The first-order chi connectivity index (χ1) is 9.19. The maximum atomic E-state index is 13.0. The maximum Gasteiger partial charge on any atom is 0.142 e. The van der Waals surface area contributed by atoms with Crippen molar-refractivity contribution in [3.8, 4) is 0 Å². The van der Waals surface area contributed by atoms with E-state index in [0.29, 0.717) is 29.4 Å². The maximum absolute atomic E-state index is 13.0. The Kier molecular flexibility index (Phi) is 8.74. The van der Waals surface area contributed by atoms with Crippen molar-refractivity contribution in [2.75, 3.05) is 5.88 Å². The molecule has 0 rings (SSSR count). The van der Waals surface area contributed by atoms with Gasteiger partial charge in [-0.25, -0.2) is 0 Å². The minimum Gasteiger partial charge on any atom is -0.299 e. The summed E-state index contributed by atoms with van der Waals surface area (Å²) in [5.41, 5.74) is -0.263. The van der Waals surface area contributed by atoms with Crippen LogP contribution in [0.3, 0.4) is 0 Å². The van der Waals surface area contributed by atoms with Crippen LogP contribution in [0.5, 0.6) is 0 Å². The fourth-order valence-electron chi connectivity index (χ4n) is 2.43. The van der Waals surface area contributed by atoms with Gasteiger partial charge in [0.15, 0.2) is 0 Å². The van der Waals surface area contributed by atoms with Crippen molar-refractivity contribution in [2.24, 2.45) is 29.1 Å². The van der Waals surface area contributed by atoms with Crippen LogP contribution in [-0.4, -0.2) is 11.7 Å². The Morgan fingerprint density at radius 3 is 2.15 bits per heavy atom. The molecule has 1 nitrogen and oxygen atoms in total. The third-order valence-corrected chi connectivity index (χ3v) is 5.42. The van der Waals surface area contributed by atoms with Crippen LogP contribution in [0, 0.1) is 29.1 Å². The lowest BCUT2D eigenvalue weighted by Gasteiger charge is -2.36. The fourth-order valence-corrected chi connectivity index (χ4v) is 2.62. The summed E-state index contributed by atoms with van der Waals surface area (Å²) in [7, 11) is 0. The van der Waals surface area contributed by atoms with Crippen molar-refractivity contribution in [3.63, 3.8) is 0 Å². The summed E-state index contributed by atoms with van der Waals surface area (Å²) < 4.78 is 0. The van der Waals surface area contributed by atoms with Gasteiger partial charge in [-0.05, 0) is 30.6 Å². The largest absolute Gasteiger partial charge is 0.299 e. The van der Waals surface area contributed by atoms with Crippen molar-refractivity contribution >= 4 is 17.4 Å². The third-order valence-electron chi connectivity index (χ3n) is 5.15. The van der Waals surface area contributed by atoms with E-state index in [9.17, 15) is 4.79 Å². The molecule has 0 saturated carbocycles. The average Bonchev–Trinajstić information content (AvgIpc) is 2.41. The van der Waals surface area contributed by atoms with Gasteiger partial charge in [0.25, 0.3) is 0 Å². The quantitative estimate of drug-likeness (QED) is 0.286. The first kappa shape index (κ1) is 19.7. The zero-order valence-corrected chi connectivity index (χ0v) is 15.0. The summed E-state index contributed by atoms with van der Waals surface area (Å²) in [6, 6.07) is 0. The third kappa shape index (κ3) is 5.24. The van der Waals surface area contributed by atoms with E-state index in [1.807, 2.05) is 6.08 Å². The Bertz CT molecular complexity index is 307. The molecule has 0 bridgehead atoms. The van der Waals surface area contributed by atoms with Crippen molar-refractivity contribution in [1.29, 1.82) is 0 Å². The van der Waals surface area contributed by atoms with E-state index in [1.165, 1.54) is 0 Å². The number of unbranched alkanes of at least 4 members (excludes halogenated alkanes) is 1. The molecular weight excluding hydrogens is 268 g/mol. The highest BCUT2D eigenvalue weighted by Gasteiger charge is 2.38. The van der Waals surface area contributed by atoms with Gasteiger partial charge in [-0.2, -0.15) is 0 Å². The molecule has 118 valence electrons. The Morgan fingerprint density at radius 1 is 1.20 bits per heavy atom. The predicted octanol–water partition coefficient (Wildman–Crippen LogP) is 5.72. The van der Waals surface area contributed by atoms with Gasteiger partial charge >= 0.3 is 0 Å². The summed E-state index contributed by atoms with van der Waals surface area (Å²) in [6.07, 6.45) is 4.93. The Balaban J connectivity index is 5.10. The molecule has 0 N–H and O–H groups in total. The first-order valence-corrected chi connectivity index (χ1v) is 8.46. The molecule has 0 amide bonds. The highest BCUT2D eigenvalue weighted by Crippen LogP contribution is 2.37. The fraction of sp³-hybridized carbons (Fsp3) is 0.833. The van der Waals surface area contributed by atoms with Crippen LogP contribution in [0.1, 0.15) is 60.8 Å². The van der Waals surface area contributed by atoms with Gasteiger partial charge in [0, 0.05) is 17.2 Å². The van der Waals surface area contributed by atoms with Crippen LogP contribution in [-0.2, 0) is 4.79 Å². The zero-order valence-electron chi connectivity index (χ0n) is 14.2. The van der Waals surface area contributed by atoms with Crippen molar-refractivity contribution in [3.05, 3.63) is 12.7 Å². The number of allylic oxidation sites excluding steroid dienone is 1. The lowest BCUT2D eigenvalue weighted by atomic mass is 9.67. The van der Waals surface area contributed by atoms with Crippen LogP contribution in [0.4, 0.5) is 0 Å². The first-order valence-electron chi connectivity index (χ1n) is 7.92. The van der Waals surface area contributed by atoms with Crippen LogP contribution in [0.25, 0.3) is 0 Å². The molecule has 0 aromatic rings. The topological polar surface area (TPSA) is 17.1 Å². The van der Waals surface area contributed by atoms with Gasteiger partial charge in [-0.1, -0.05) is 54.0 Å². The Morgan fingerprint density at radius 2 is 1.75 bits per heavy atom. The molecular formula is C18H33ClO. The van der Waals surface area contributed by atoms with E-state index < -0.39 is 0 Å². The molecule has 0 aliphatic rings. The number of hydrogen-bond acceptors (Lipinski definition) is 1. The van der Waals surface area contributed by atoms with Crippen molar-refractivity contribution in [1.82, 2.24) is 0 Å². The summed E-state index contributed by atoms with van der Waals surface area (Å²) in [6.45, 7) is 16.7. The monoisotopic (exact) mass is 300 g/mol. The lowest BCUT2D eigenvalue weighted by molar-refractivity contribution is -0.135. The SMILES string of the molecule is C=C[C@H](C)[C@H](C)[C@@H](CCCCCl)C(=O)C(C)(C)C(C)C. The second-order valence-electron chi connectivity index (χ2n) is 6.99. The lowest BCUT2D eigenvalue weighted by Crippen LogP contribution is -2.39. The van der Waals surface area contributed by atoms with Gasteiger partial charge in [0.1, 0.15) is 5.78 Å². The second-order valence-corrected chi connectivity index (χ2v) is 7.36. The molecule has 0 unspecified atom stereocenters. The van der Waals surface area contributed by atoms with Gasteiger partial charge in [0.2, 0.25) is 0 Å². The highest BCUT2D eigenvalue weighted by atomic mass is 35.5. The predicted molar refractivity (Wildman–Crippen MR) is 90.2 cm³/mol. The second kappa shape index (κ2) is 8.87. The normalized spacial score (nSPS) is 16.8. The van der Waals surface area contributed by atoms with Gasteiger partial charge in [-0.3, -0.25) is 4.79 Å². The molecule has 0 aliphatic heterocycles. The van der Waals surface area contributed by atoms with E-state index >= 15 is 0 Å². The number of Topliss-reactive ketones (excluding diaryl/α,β-unsaturated/α-hetero) is 1. The molecule has 20 heavy (non-hydrogen) atoms. The minimum atomic E-state index is -0.263. The van der Waals surface area contributed by atoms with Crippen LogP contribution < -0.4 is 0 Å². The van der Waals surface area contributed by atoms with E-state index in [4.69, 9.17) is 11.6 Å². The standard InChI is InChI=1S/C18H33ClO/c1-8-14(4)15(5)16(11-9-10-12-19)17(20)18(6,7)13(2)3/h8,13-16H,1,9-12H2,2-7H3/t14-,15-,16+/m0/s1. The summed E-state index contributed by atoms with van der Waals surface area (Å²) in [5.74, 6) is 2.26. The minimum absolute atomic E-state index is 0.114. The molecule has 0 fully saturated rings. The van der Waals surface area contributed by atoms with Crippen molar-refractivity contribution in [2.45, 2.75) is 60.8 Å². The smallest absolute Gasteiger partial charge is 0.142 e. The van der Waals surface area contributed by atoms with Gasteiger partial charge in [-0.15, -0.1) is 18.2 Å². The number of ketones is 1. The number of hydrogen-bond donors (Lipinski definition) is 0. The summed E-state index contributed by atoms with van der Waals surface area (Å²) in [5, 5.41) is 0. The average molecular weight is 301 g/mol.